The Morgan fingerprint density at radius 3 is 2.56 bits per heavy atom. The molecule has 11 heteroatoms. The maximum atomic E-state index is 12.5. The van der Waals surface area contributed by atoms with Gasteiger partial charge < -0.3 is 29.6 Å². The van der Waals surface area contributed by atoms with Crippen LogP contribution in [0.5, 0.6) is 0 Å². The van der Waals surface area contributed by atoms with Crippen LogP contribution in [-0.2, 0) is 27.7 Å². The first kappa shape index (κ1) is 33.8. The van der Waals surface area contributed by atoms with Gasteiger partial charge in [-0.3, -0.25) is 9.78 Å². The number of methoxy groups -OCH3 is 1. The van der Waals surface area contributed by atoms with E-state index in [1.807, 2.05) is 62.7 Å². The molecule has 43 heavy (non-hydrogen) atoms. The summed E-state index contributed by atoms with van der Waals surface area (Å²) in [6.07, 6.45) is 7.73. The second kappa shape index (κ2) is 16.8. The minimum absolute atomic E-state index is 0.0209. The van der Waals surface area contributed by atoms with Crippen LogP contribution in [0, 0.1) is 6.92 Å². The van der Waals surface area contributed by atoms with E-state index in [9.17, 15) is 9.59 Å². The van der Waals surface area contributed by atoms with E-state index >= 15 is 0 Å². The highest BCUT2D eigenvalue weighted by Crippen LogP contribution is 2.34. The van der Waals surface area contributed by atoms with E-state index in [1.165, 1.54) is 7.11 Å². The minimum atomic E-state index is -0.415. The van der Waals surface area contributed by atoms with Gasteiger partial charge in [-0.2, -0.15) is 0 Å². The van der Waals surface area contributed by atoms with Crippen molar-refractivity contribution >= 4 is 29.2 Å². The molecule has 3 heterocycles. The highest BCUT2D eigenvalue weighted by Gasteiger charge is 2.25. The topological polar surface area (TPSA) is 111 Å². The minimum Gasteiger partial charge on any atom is -0.447 e. The Morgan fingerprint density at radius 1 is 1.21 bits per heavy atom. The second-order valence-corrected chi connectivity index (χ2v) is 11.0. The highest BCUT2D eigenvalue weighted by atomic mass is 35.5. The van der Waals surface area contributed by atoms with Crippen LogP contribution < -0.4 is 10.6 Å². The molecule has 1 atom stereocenters. The number of carbonyl (C=O) groups is 2. The van der Waals surface area contributed by atoms with Gasteiger partial charge >= 0.3 is 6.09 Å². The molecule has 2 N–H and O–H groups in total. The number of ether oxygens (including phenoxy) is 2. The van der Waals surface area contributed by atoms with Crippen molar-refractivity contribution in [2.24, 2.45) is 7.05 Å². The van der Waals surface area contributed by atoms with Gasteiger partial charge in [-0.05, 0) is 68.2 Å². The highest BCUT2D eigenvalue weighted by molar-refractivity contribution is 6.30. The van der Waals surface area contributed by atoms with E-state index in [0.29, 0.717) is 11.4 Å². The smallest absolute Gasteiger partial charge is 0.410 e. The van der Waals surface area contributed by atoms with Crippen molar-refractivity contribution in [2.45, 2.75) is 46.3 Å². The SMILES string of the molecule is C/C=C(\c1cc(Cl)ccc1Cc1ncccc1C)[C@@H](NC(=O)COC)c1cncn1C.CC(C)OC(=O)N1CCNCC1. The standard InChI is InChI=1S/C24H27ClN4O2.C8H16N2O2/c1-5-19(24(28-23(30)14-31-4)22-13-26-15-29(22)3)20-12-18(25)9-8-17(20)11-21-16(2)7-6-10-27-21;1-7(2)12-8(11)10-5-3-9-4-6-10/h5-10,12-13,15,24H,11,14H2,1-4H3,(H,28,30);7,9H,3-6H2,1-2H3/b19-5+;/t24-;/m1./s1. The maximum Gasteiger partial charge on any atom is 0.410 e. The lowest BCUT2D eigenvalue weighted by atomic mass is 9.90. The summed E-state index contributed by atoms with van der Waals surface area (Å²) in [5.74, 6) is -0.211. The van der Waals surface area contributed by atoms with E-state index in [4.69, 9.17) is 21.1 Å². The van der Waals surface area contributed by atoms with Gasteiger partial charge in [0.2, 0.25) is 5.91 Å². The normalized spacial score (nSPS) is 14.1. The van der Waals surface area contributed by atoms with E-state index in [1.54, 1.807) is 23.6 Å². The van der Waals surface area contributed by atoms with Gasteiger partial charge in [-0.1, -0.05) is 29.8 Å². The molecule has 0 unspecified atom stereocenters. The number of pyridine rings is 1. The van der Waals surface area contributed by atoms with Crippen LogP contribution in [0.1, 0.15) is 54.9 Å². The van der Waals surface area contributed by atoms with Crippen LogP contribution in [0.2, 0.25) is 5.02 Å². The number of allylic oxidation sites excluding steroid dienone is 1. The Morgan fingerprint density at radius 2 is 1.95 bits per heavy atom. The van der Waals surface area contributed by atoms with Gasteiger partial charge in [0.15, 0.2) is 0 Å². The lowest BCUT2D eigenvalue weighted by molar-refractivity contribution is -0.125. The van der Waals surface area contributed by atoms with Crippen molar-refractivity contribution in [1.29, 1.82) is 0 Å². The fourth-order valence-electron chi connectivity index (χ4n) is 4.75. The molecule has 3 aromatic rings. The number of halogens is 1. The molecule has 0 aliphatic carbocycles. The first-order valence-electron chi connectivity index (χ1n) is 14.4. The molecule has 1 saturated heterocycles. The summed E-state index contributed by atoms with van der Waals surface area (Å²) in [7, 11) is 3.40. The molecular formula is C32H43ClN6O4. The van der Waals surface area contributed by atoms with E-state index in [0.717, 1.165) is 59.8 Å². The fraction of sp³-hybridized carbons (Fsp3) is 0.438. The number of benzene rings is 1. The average Bonchev–Trinajstić information content (AvgIpc) is 3.41. The Balaban J connectivity index is 0.000000353. The Kier molecular flexibility index (Phi) is 13.2. The number of carbonyl (C=O) groups excluding carboxylic acids is 2. The number of piperazine rings is 1. The lowest BCUT2D eigenvalue weighted by Crippen LogP contribution is -2.47. The molecule has 2 aromatic heterocycles. The van der Waals surface area contributed by atoms with Crippen molar-refractivity contribution in [3.63, 3.8) is 0 Å². The predicted molar refractivity (Wildman–Crippen MR) is 169 cm³/mol. The largest absolute Gasteiger partial charge is 0.447 e. The monoisotopic (exact) mass is 610 g/mol. The number of hydrogen-bond acceptors (Lipinski definition) is 7. The number of rotatable bonds is 9. The van der Waals surface area contributed by atoms with Crippen molar-refractivity contribution in [3.8, 4) is 0 Å². The van der Waals surface area contributed by atoms with Gasteiger partial charge in [-0.25, -0.2) is 9.78 Å². The zero-order valence-electron chi connectivity index (χ0n) is 25.9. The number of nitrogens with zero attached hydrogens (tertiary/aromatic N) is 4. The summed E-state index contributed by atoms with van der Waals surface area (Å²) in [4.78, 5) is 34.3. The van der Waals surface area contributed by atoms with Crippen LogP contribution in [0.25, 0.3) is 5.57 Å². The molecule has 1 aliphatic heterocycles. The molecule has 0 bridgehead atoms. The van der Waals surface area contributed by atoms with Gasteiger partial charge in [0.05, 0.1) is 30.4 Å². The van der Waals surface area contributed by atoms with Gasteiger partial charge in [0, 0.05) is 63.7 Å². The van der Waals surface area contributed by atoms with Gasteiger partial charge in [-0.15, -0.1) is 0 Å². The van der Waals surface area contributed by atoms with Crippen molar-refractivity contribution < 1.29 is 19.1 Å². The van der Waals surface area contributed by atoms with E-state index < -0.39 is 6.04 Å². The van der Waals surface area contributed by atoms with Crippen LogP contribution in [0.4, 0.5) is 4.79 Å². The molecule has 4 rings (SSSR count). The average molecular weight is 611 g/mol. The number of amides is 2. The molecular weight excluding hydrogens is 568 g/mol. The number of aryl methyl sites for hydroxylation is 2. The van der Waals surface area contributed by atoms with Crippen molar-refractivity contribution in [1.82, 2.24) is 30.1 Å². The molecule has 2 amide bonds. The number of nitrogens with one attached hydrogen (secondary N) is 2. The fourth-order valence-corrected chi connectivity index (χ4v) is 4.92. The Bertz CT molecular complexity index is 1380. The zero-order chi connectivity index (χ0) is 31.4. The summed E-state index contributed by atoms with van der Waals surface area (Å²) in [5, 5.41) is 6.88. The Labute approximate surface area is 259 Å². The van der Waals surface area contributed by atoms with Crippen molar-refractivity contribution in [3.05, 3.63) is 88.2 Å². The van der Waals surface area contributed by atoms with Crippen molar-refractivity contribution in [2.75, 3.05) is 39.9 Å². The zero-order valence-corrected chi connectivity index (χ0v) is 26.6. The van der Waals surface area contributed by atoms with Crippen LogP contribution >= 0.6 is 11.6 Å². The molecule has 1 fully saturated rings. The van der Waals surface area contributed by atoms with Crippen LogP contribution in [-0.4, -0.2) is 77.4 Å². The summed E-state index contributed by atoms with van der Waals surface area (Å²) in [6, 6.07) is 9.42. The summed E-state index contributed by atoms with van der Waals surface area (Å²) in [5.41, 5.74) is 5.96. The molecule has 232 valence electrons. The summed E-state index contributed by atoms with van der Waals surface area (Å²) < 4.78 is 12.0. The number of imidazole rings is 1. The first-order chi connectivity index (χ1) is 20.6. The van der Waals surface area contributed by atoms with Gasteiger partial charge in [0.1, 0.15) is 6.61 Å². The molecule has 0 radical (unpaired) electrons. The molecule has 0 saturated carbocycles. The summed E-state index contributed by atoms with van der Waals surface area (Å²) >= 11 is 6.40. The number of aromatic nitrogens is 3. The second-order valence-electron chi connectivity index (χ2n) is 10.5. The molecule has 10 nitrogen and oxygen atoms in total. The van der Waals surface area contributed by atoms with Crippen LogP contribution in [0.15, 0.2) is 55.1 Å². The maximum absolute atomic E-state index is 12.5. The lowest BCUT2D eigenvalue weighted by Gasteiger charge is -2.27. The molecule has 1 aromatic carbocycles. The number of hydrogen-bond donors (Lipinski definition) is 2. The molecule has 0 spiro atoms. The van der Waals surface area contributed by atoms with Gasteiger partial charge in [0.25, 0.3) is 0 Å². The van der Waals surface area contributed by atoms with E-state index in [-0.39, 0.29) is 24.7 Å². The third-order valence-electron chi connectivity index (χ3n) is 6.92. The molecule has 1 aliphatic rings. The third kappa shape index (κ3) is 9.91. The third-order valence-corrected chi connectivity index (χ3v) is 7.16. The Hall–Kier alpha value is -3.73. The van der Waals surface area contributed by atoms with E-state index in [2.05, 4.69) is 33.6 Å². The first-order valence-corrected chi connectivity index (χ1v) is 14.8. The predicted octanol–water partition coefficient (Wildman–Crippen LogP) is 4.71. The quantitative estimate of drug-likeness (QED) is 0.361. The van der Waals surface area contributed by atoms with Crippen LogP contribution in [0.3, 0.4) is 0 Å². The summed E-state index contributed by atoms with van der Waals surface area (Å²) in [6.45, 7) is 11.0.